The number of nitrogens with one attached hydrogen (secondary N) is 1. The minimum absolute atomic E-state index is 0.397. The van der Waals surface area contributed by atoms with Crippen molar-refractivity contribution in [2.24, 2.45) is 0 Å². The normalized spacial score (nSPS) is 10.5. The average Bonchev–Trinajstić information content (AvgIpc) is 2.72. The standard InChI is InChI=1S/C9H10ClN5OS/c1-5-12-8(16-15-5)4-11-7-3-6(10)13-9(14-7)17-2/h3H,4H2,1-2H3,(H,11,13,14). The monoisotopic (exact) mass is 271 g/mol. The summed E-state index contributed by atoms with van der Waals surface area (Å²) in [6.07, 6.45) is 1.89. The van der Waals surface area contributed by atoms with Crippen LogP contribution in [0.3, 0.4) is 0 Å². The van der Waals surface area contributed by atoms with E-state index in [9.17, 15) is 0 Å². The van der Waals surface area contributed by atoms with Crippen molar-refractivity contribution in [3.63, 3.8) is 0 Å². The lowest BCUT2D eigenvalue weighted by molar-refractivity contribution is 0.379. The van der Waals surface area contributed by atoms with Crippen LogP contribution in [0.2, 0.25) is 5.15 Å². The van der Waals surface area contributed by atoms with Crippen LogP contribution < -0.4 is 5.32 Å². The van der Waals surface area contributed by atoms with E-state index < -0.39 is 0 Å². The minimum Gasteiger partial charge on any atom is -0.361 e. The van der Waals surface area contributed by atoms with E-state index in [1.807, 2.05) is 6.26 Å². The molecule has 8 heteroatoms. The zero-order valence-corrected chi connectivity index (χ0v) is 10.8. The Morgan fingerprint density at radius 2 is 2.24 bits per heavy atom. The molecule has 0 saturated carbocycles. The Labute approximate surface area is 107 Å². The van der Waals surface area contributed by atoms with Crippen molar-refractivity contribution < 1.29 is 4.52 Å². The molecule has 0 bridgehead atoms. The lowest BCUT2D eigenvalue weighted by atomic mass is 10.5. The molecule has 90 valence electrons. The molecule has 2 rings (SSSR count). The Balaban J connectivity index is 2.05. The van der Waals surface area contributed by atoms with Crippen LogP contribution in [0.5, 0.6) is 0 Å². The molecule has 0 fully saturated rings. The second kappa shape index (κ2) is 5.33. The number of hydrogen-bond donors (Lipinski definition) is 1. The van der Waals surface area contributed by atoms with Crippen molar-refractivity contribution in [2.45, 2.75) is 18.6 Å². The number of rotatable bonds is 4. The van der Waals surface area contributed by atoms with Gasteiger partial charge >= 0.3 is 0 Å². The van der Waals surface area contributed by atoms with Crippen molar-refractivity contribution >= 4 is 29.2 Å². The van der Waals surface area contributed by atoms with E-state index in [0.29, 0.717) is 34.4 Å². The molecule has 0 spiro atoms. The molecule has 0 saturated heterocycles. The maximum atomic E-state index is 5.86. The van der Waals surface area contributed by atoms with E-state index >= 15 is 0 Å². The smallest absolute Gasteiger partial charge is 0.245 e. The summed E-state index contributed by atoms with van der Waals surface area (Å²) in [6, 6.07) is 1.64. The summed E-state index contributed by atoms with van der Waals surface area (Å²) in [5.41, 5.74) is 0. The number of nitrogens with zero attached hydrogens (tertiary/aromatic N) is 4. The van der Waals surface area contributed by atoms with Crippen molar-refractivity contribution in [1.82, 2.24) is 20.1 Å². The molecule has 17 heavy (non-hydrogen) atoms. The minimum atomic E-state index is 0.397. The first kappa shape index (κ1) is 12.1. The van der Waals surface area contributed by atoms with Crippen molar-refractivity contribution in [3.8, 4) is 0 Å². The molecule has 2 aromatic heterocycles. The van der Waals surface area contributed by atoms with Gasteiger partial charge in [0, 0.05) is 6.07 Å². The first-order valence-corrected chi connectivity index (χ1v) is 6.39. The van der Waals surface area contributed by atoms with Gasteiger partial charge in [0.15, 0.2) is 11.0 Å². The summed E-state index contributed by atoms with van der Waals surface area (Å²) in [5, 5.41) is 7.75. The fourth-order valence-electron chi connectivity index (χ4n) is 1.16. The van der Waals surface area contributed by atoms with Crippen LogP contribution in [-0.2, 0) is 6.54 Å². The van der Waals surface area contributed by atoms with Gasteiger partial charge in [0.1, 0.15) is 11.0 Å². The number of thioether (sulfide) groups is 1. The maximum Gasteiger partial charge on any atom is 0.245 e. The highest BCUT2D eigenvalue weighted by Crippen LogP contribution is 2.17. The molecule has 0 amide bonds. The zero-order valence-electron chi connectivity index (χ0n) is 9.27. The van der Waals surface area contributed by atoms with Crippen molar-refractivity contribution in [1.29, 1.82) is 0 Å². The predicted molar refractivity (Wildman–Crippen MR) is 65.2 cm³/mol. The Morgan fingerprint density at radius 3 is 2.88 bits per heavy atom. The second-order valence-corrected chi connectivity index (χ2v) is 4.31. The van der Waals surface area contributed by atoms with Crippen molar-refractivity contribution in [2.75, 3.05) is 11.6 Å². The topological polar surface area (TPSA) is 76.7 Å². The van der Waals surface area contributed by atoms with Gasteiger partial charge < -0.3 is 9.84 Å². The summed E-state index contributed by atoms with van der Waals surface area (Å²) in [7, 11) is 0. The maximum absolute atomic E-state index is 5.86. The summed E-state index contributed by atoms with van der Waals surface area (Å²) >= 11 is 7.28. The average molecular weight is 272 g/mol. The van der Waals surface area contributed by atoms with Crippen LogP contribution >= 0.6 is 23.4 Å². The second-order valence-electron chi connectivity index (χ2n) is 3.15. The van der Waals surface area contributed by atoms with E-state index in [-0.39, 0.29) is 0 Å². The van der Waals surface area contributed by atoms with Crippen LogP contribution in [-0.4, -0.2) is 26.4 Å². The van der Waals surface area contributed by atoms with E-state index in [1.165, 1.54) is 11.8 Å². The molecule has 0 atom stereocenters. The summed E-state index contributed by atoms with van der Waals surface area (Å²) in [6.45, 7) is 2.17. The largest absolute Gasteiger partial charge is 0.361 e. The lowest BCUT2D eigenvalue weighted by Crippen LogP contribution is -2.03. The third-order valence-corrected chi connectivity index (χ3v) is 2.59. The third-order valence-electron chi connectivity index (χ3n) is 1.85. The molecule has 0 aliphatic carbocycles. The van der Waals surface area contributed by atoms with E-state index in [2.05, 4.69) is 25.4 Å². The molecule has 1 N–H and O–H groups in total. The van der Waals surface area contributed by atoms with Crippen LogP contribution in [0.1, 0.15) is 11.7 Å². The van der Waals surface area contributed by atoms with Crippen LogP contribution in [0.4, 0.5) is 5.82 Å². The highest BCUT2D eigenvalue weighted by molar-refractivity contribution is 7.98. The van der Waals surface area contributed by atoms with Gasteiger partial charge in [-0.05, 0) is 13.2 Å². The molecular weight excluding hydrogens is 262 g/mol. The SMILES string of the molecule is CSc1nc(Cl)cc(NCc2nc(C)no2)n1. The van der Waals surface area contributed by atoms with Crippen molar-refractivity contribution in [3.05, 3.63) is 22.9 Å². The highest BCUT2D eigenvalue weighted by Gasteiger charge is 2.05. The first-order valence-electron chi connectivity index (χ1n) is 4.79. The number of aryl methyl sites for hydroxylation is 1. The molecule has 0 aliphatic rings. The quantitative estimate of drug-likeness (QED) is 0.519. The van der Waals surface area contributed by atoms with Crippen LogP contribution in [0.15, 0.2) is 15.7 Å². The molecule has 2 aromatic rings. The molecular formula is C9H10ClN5OS. The van der Waals surface area contributed by atoms with Gasteiger partial charge in [-0.15, -0.1) is 0 Å². The molecule has 0 aliphatic heterocycles. The first-order chi connectivity index (χ1) is 8.17. The highest BCUT2D eigenvalue weighted by atomic mass is 35.5. The molecule has 0 aromatic carbocycles. The number of hydrogen-bond acceptors (Lipinski definition) is 7. The summed E-state index contributed by atoms with van der Waals surface area (Å²) in [5.74, 6) is 1.74. The number of halogens is 1. The summed E-state index contributed by atoms with van der Waals surface area (Å²) in [4.78, 5) is 12.3. The Kier molecular flexibility index (Phi) is 3.80. The van der Waals surface area contributed by atoms with Gasteiger partial charge in [0.05, 0.1) is 6.54 Å². The molecule has 0 unspecified atom stereocenters. The number of aromatic nitrogens is 4. The lowest BCUT2D eigenvalue weighted by Gasteiger charge is -2.04. The van der Waals surface area contributed by atoms with Gasteiger partial charge in [0.2, 0.25) is 5.89 Å². The Bertz CT molecular complexity index is 518. The predicted octanol–water partition coefficient (Wildman–Crippen LogP) is 2.16. The van der Waals surface area contributed by atoms with E-state index in [4.69, 9.17) is 16.1 Å². The Morgan fingerprint density at radius 1 is 1.41 bits per heavy atom. The molecule has 6 nitrogen and oxygen atoms in total. The fourth-order valence-corrected chi connectivity index (χ4v) is 1.77. The van der Waals surface area contributed by atoms with Gasteiger partial charge in [0.25, 0.3) is 0 Å². The Hall–Kier alpha value is -1.34. The van der Waals surface area contributed by atoms with Gasteiger partial charge in [-0.1, -0.05) is 28.5 Å². The van der Waals surface area contributed by atoms with Gasteiger partial charge in [-0.2, -0.15) is 4.98 Å². The van der Waals surface area contributed by atoms with Gasteiger partial charge in [-0.25, -0.2) is 9.97 Å². The van der Waals surface area contributed by atoms with Crippen LogP contribution in [0.25, 0.3) is 0 Å². The van der Waals surface area contributed by atoms with Crippen LogP contribution in [0, 0.1) is 6.92 Å². The third kappa shape index (κ3) is 3.31. The van der Waals surface area contributed by atoms with Gasteiger partial charge in [-0.3, -0.25) is 0 Å². The van der Waals surface area contributed by atoms with E-state index in [0.717, 1.165) is 0 Å². The van der Waals surface area contributed by atoms with E-state index in [1.54, 1.807) is 13.0 Å². The zero-order chi connectivity index (χ0) is 12.3. The number of anilines is 1. The molecule has 2 heterocycles. The summed E-state index contributed by atoms with van der Waals surface area (Å²) < 4.78 is 4.97. The fraction of sp³-hybridized carbons (Fsp3) is 0.333. The molecule has 0 radical (unpaired) electrons.